The first-order valence-corrected chi connectivity index (χ1v) is 10.7. The second kappa shape index (κ2) is 8.78. The Morgan fingerprint density at radius 3 is 2.41 bits per heavy atom. The van der Waals surface area contributed by atoms with E-state index < -0.39 is 74.8 Å². The largest absolute Gasteiger partial charge is 0.477 e. The number of carbonyl (C=O) groups excluding carboxylic acids is 1. The molecule has 0 bridgehead atoms. The molecule has 3 aromatic rings. The summed E-state index contributed by atoms with van der Waals surface area (Å²) in [5.74, 6) is -7.44. The molecule has 37 heavy (non-hydrogen) atoms. The molecule has 1 atom stereocenters. The summed E-state index contributed by atoms with van der Waals surface area (Å²) < 4.78 is 82.5. The average molecular weight is 528 g/mol. The SMILES string of the molecule is CC1(C)CN(c2nc3c(cc2F)c(=O)c(C(=O)O)cn3-c2ccc(F)cc2F)CC1NC(=O)C(F)(F)F. The van der Waals surface area contributed by atoms with Crippen LogP contribution in [0, 0.1) is 22.9 Å². The summed E-state index contributed by atoms with van der Waals surface area (Å²) in [6, 6.07) is 1.99. The number of aromatic carboxylic acids is 1. The fraction of sp³-hybridized carbons (Fsp3) is 0.304. The van der Waals surface area contributed by atoms with Crippen molar-refractivity contribution in [1.29, 1.82) is 0 Å². The van der Waals surface area contributed by atoms with Gasteiger partial charge in [-0.15, -0.1) is 0 Å². The van der Waals surface area contributed by atoms with Crippen LogP contribution in [0.2, 0.25) is 0 Å². The molecule has 0 radical (unpaired) electrons. The van der Waals surface area contributed by atoms with Crippen LogP contribution in [0.15, 0.2) is 35.3 Å². The van der Waals surface area contributed by atoms with Gasteiger partial charge < -0.3 is 15.3 Å². The number of nitrogens with zero attached hydrogens (tertiary/aromatic N) is 3. The number of hydrogen-bond donors (Lipinski definition) is 2. The zero-order valence-electron chi connectivity index (χ0n) is 19.2. The van der Waals surface area contributed by atoms with E-state index >= 15 is 4.39 Å². The van der Waals surface area contributed by atoms with E-state index in [1.807, 2.05) is 5.32 Å². The Hall–Kier alpha value is -4.10. The summed E-state index contributed by atoms with van der Waals surface area (Å²) in [7, 11) is 0. The van der Waals surface area contributed by atoms with E-state index in [4.69, 9.17) is 0 Å². The summed E-state index contributed by atoms with van der Waals surface area (Å²) in [5.41, 5.74) is -3.69. The van der Waals surface area contributed by atoms with Gasteiger partial charge in [0.05, 0.1) is 17.1 Å². The highest BCUT2D eigenvalue weighted by molar-refractivity contribution is 5.92. The van der Waals surface area contributed by atoms with Crippen LogP contribution in [0.3, 0.4) is 0 Å². The maximum absolute atomic E-state index is 15.2. The van der Waals surface area contributed by atoms with E-state index in [9.17, 15) is 41.4 Å². The Balaban J connectivity index is 1.87. The number of carbonyl (C=O) groups is 2. The Morgan fingerprint density at radius 1 is 1.14 bits per heavy atom. The average Bonchev–Trinajstić information content (AvgIpc) is 3.07. The fourth-order valence-electron chi connectivity index (χ4n) is 4.23. The smallest absolute Gasteiger partial charge is 0.471 e. The first kappa shape index (κ1) is 26.0. The molecule has 1 aliphatic rings. The van der Waals surface area contributed by atoms with Gasteiger partial charge in [0.2, 0.25) is 5.43 Å². The van der Waals surface area contributed by atoms with Crippen molar-refractivity contribution in [3.05, 3.63) is 63.7 Å². The maximum atomic E-state index is 15.2. The lowest BCUT2D eigenvalue weighted by Gasteiger charge is -2.26. The number of alkyl halides is 3. The molecule has 1 amide bonds. The van der Waals surface area contributed by atoms with E-state index in [1.165, 1.54) is 4.90 Å². The summed E-state index contributed by atoms with van der Waals surface area (Å²) in [5, 5.41) is 10.8. The molecule has 0 spiro atoms. The van der Waals surface area contributed by atoms with Crippen molar-refractivity contribution in [3.63, 3.8) is 0 Å². The van der Waals surface area contributed by atoms with E-state index in [0.717, 1.165) is 22.9 Å². The number of pyridine rings is 2. The second-order valence-electron chi connectivity index (χ2n) is 9.20. The van der Waals surface area contributed by atoms with Gasteiger partial charge in [-0.3, -0.25) is 14.2 Å². The number of nitrogens with one attached hydrogen (secondary N) is 1. The van der Waals surface area contributed by atoms with Gasteiger partial charge in [0.1, 0.15) is 17.2 Å². The molecule has 3 heterocycles. The molecule has 1 unspecified atom stereocenters. The van der Waals surface area contributed by atoms with Gasteiger partial charge in [0.25, 0.3) is 0 Å². The van der Waals surface area contributed by atoms with E-state index in [-0.39, 0.29) is 18.7 Å². The highest BCUT2D eigenvalue weighted by Gasteiger charge is 2.46. The molecule has 1 saturated heterocycles. The van der Waals surface area contributed by atoms with Crippen LogP contribution in [0.5, 0.6) is 0 Å². The number of carboxylic acids is 1. The van der Waals surface area contributed by atoms with Gasteiger partial charge in [-0.1, -0.05) is 13.8 Å². The molecule has 1 aromatic carbocycles. The quantitative estimate of drug-likeness (QED) is 0.504. The Labute approximate surface area is 204 Å². The van der Waals surface area contributed by atoms with Crippen LogP contribution >= 0.6 is 0 Å². The number of carboxylic acid groups (broad SMARTS) is 1. The monoisotopic (exact) mass is 528 g/mol. The molecule has 1 aliphatic heterocycles. The zero-order chi connectivity index (χ0) is 27.4. The van der Waals surface area contributed by atoms with Crippen molar-refractivity contribution in [2.75, 3.05) is 18.0 Å². The minimum absolute atomic E-state index is 0.0619. The number of hydrogen-bond acceptors (Lipinski definition) is 5. The summed E-state index contributed by atoms with van der Waals surface area (Å²) in [4.78, 5) is 41.2. The molecule has 8 nitrogen and oxygen atoms in total. The van der Waals surface area contributed by atoms with Gasteiger partial charge in [-0.2, -0.15) is 13.2 Å². The number of aromatic nitrogens is 2. The predicted molar refractivity (Wildman–Crippen MR) is 118 cm³/mol. The summed E-state index contributed by atoms with van der Waals surface area (Å²) in [6.07, 6.45) is -4.37. The van der Waals surface area contributed by atoms with Crippen LogP contribution < -0.4 is 15.6 Å². The maximum Gasteiger partial charge on any atom is 0.471 e. The lowest BCUT2D eigenvalue weighted by atomic mass is 9.88. The molecule has 0 saturated carbocycles. The van der Waals surface area contributed by atoms with E-state index in [2.05, 4.69) is 4.98 Å². The van der Waals surface area contributed by atoms with Crippen molar-refractivity contribution < 1.29 is 41.0 Å². The fourth-order valence-corrected chi connectivity index (χ4v) is 4.23. The lowest BCUT2D eigenvalue weighted by molar-refractivity contribution is -0.174. The third-order valence-electron chi connectivity index (χ3n) is 6.12. The van der Waals surface area contributed by atoms with Crippen molar-refractivity contribution in [1.82, 2.24) is 14.9 Å². The second-order valence-corrected chi connectivity index (χ2v) is 9.20. The Morgan fingerprint density at radius 2 is 1.81 bits per heavy atom. The van der Waals surface area contributed by atoms with Crippen LogP contribution in [0.25, 0.3) is 16.7 Å². The molecule has 1 fully saturated rings. The predicted octanol–water partition coefficient (Wildman–Crippen LogP) is 3.39. The van der Waals surface area contributed by atoms with Crippen LogP contribution in [-0.2, 0) is 4.79 Å². The third-order valence-corrected chi connectivity index (χ3v) is 6.12. The highest BCUT2D eigenvalue weighted by Crippen LogP contribution is 2.35. The number of amides is 1. The van der Waals surface area contributed by atoms with Crippen molar-refractivity contribution in [2.45, 2.75) is 26.1 Å². The van der Waals surface area contributed by atoms with Gasteiger partial charge >= 0.3 is 18.1 Å². The van der Waals surface area contributed by atoms with Crippen molar-refractivity contribution in [3.8, 4) is 5.69 Å². The van der Waals surface area contributed by atoms with E-state index in [1.54, 1.807) is 13.8 Å². The molecule has 4 rings (SSSR count). The number of fused-ring (bicyclic) bond motifs is 1. The molecule has 196 valence electrons. The van der Waals surface area contributed by atoms with Gasteiger partial charge in [-0.25, -0.2) is 22.9 Å². The molecule has 2 aromatic heterocycles. The minimum Gasteiger partial charge on any atom is -0.477 e. The first-order chi connectivity index (χ1) is 17.1. The first-order valence-electron chi connectivity index (χ1n) is 10.7. The topological polar surface area (TPSA) is 105 Å². The molecule has 14 heteroatoms. The number of benzene rings is 1. The van der Waals surface area contributed by atoms with Crippen LogP contribution in [0.1, 0.15) is 24.2 Å². The van der Waals surface area contributed by atoms with Gasteiger partial charge in [0, 0.05) is 30.8 Å². The summed E-state index contributed by atoms with van der Waals surface area (Å²) in [6.45, 7) is 2.76. The normalized spacial score (nSPS) is 17.3. The van der Waals surface area contributed by atoms with Gasteiger partial charge in [0.15, 0.2) is 17.3 Å². The number of halogens is 6. The number of anilines is 1. The third kappa shape index (κ3) is 4.70. The molecule has 0 aliphatic carbocycles. The van der Waals surface area contributed by atoms with Crippen molar-refractivity contribution in [2.24, 2.45) is 5.41 Å². The van der Waals surface area contributed by atoms with Gasteiger partial charge in [-0.05, 0) is 18.2 Å². The van der Waals surface area contributed by atoms with E-state index in [0.29, 0.717) is 12.1 Å². The van der Waals surface area contributed by atoms with Crippen molar-refractivity contribution >= 4 is 28.7 Å². The van der Waals surface area contributed by atoms with Crippen LogP contribution in [-0.4, -0.2) is 51.8 Å². The number of rotatable bonds is 4. The Bertz CT molecular complexity index is 1500. The minimum atomic E-state index is -5.13. The lowest BCUT2D eigenvalue weighted by Crippen LogP contribution is -2.49. The molecule has 2 N–H and O–H groups in total. The summed E-state index contributed by atoms with van der Waals surface area (Å²) >= 11 is 0. The Kier molecular flexibility index (Phi) is 6.16. The molecular formula is C23H18F6N4O4. The highest BCUT2D eigenvalue weighted by atomic mass is 19.4. The zero-order valence-corrected chi connectivity index (χ0v) is 19.2. The standard InChI is InChI=1S/C23H18F6N4O4/c1-22(2)9-32(8-16(22)30-21(37)23(27,28)29)19-14(26)6-11-17(34)12(20(35)36)7-33(18(11)31-19)15-4-3-10(24)5-13(15)25/h3-7,16H,8-9H2,1-2H3,(H,30,37)(H,35,36). The molecular weight excluding hydrogens is 510 g/mol. The van der Waals surface area contributed by atoms with Crippen LogP contribution in [0.4, 0.5) is 32.2 Å².